The standard InChI is InChI=1S/C9H20N4/c1-7-5-3-2-4-6-8(10)9(7)13(11)12/h7H,2-6,10-12H2,1H3/b9-8-. The van der Waals surface area contributed by atoms with E-state index >= 15 is 0 Å². The van der Waals surface area contributed by atoms with E-state index in [1.54, 1.807) is 0 Å². The third-order valence-corrected chi connectivity index (χ3v) is 2.66. The molecule has 0 aromatic carbocycles. The summed E-state index contributed by atoms with van der Waals surface area (Å²) in [6, 6.07) is 0. The fourth-order valence-corrected chi connectivity index (χ4v) is 1.94. The van der Waals surface area contributed by atoms with Gasteiger partial charge in [0.25, 0.3) is 0 Å². The molecular formula is C9H20N4. The van der Waals surface area contributed by atoms with E-state index in [0.717, 1.165) is 30.7 Å². The molecule has 1 aliphatic carbocycles. The average Bonchev–Trinajstić information content (AvgIpc) is 2.00. The van der Waals surface area contributed by atoms with Crippen molar-refractivity contribution in [2.75, 3.05) is 0 Å². The zero-order valence-electron chi connectivity index (χ0n) is 8.29. The van der Waals surface area contributed by atoms with Crippen LogP contribution in [0.5, 0.6) is 0 Å². The molecule has 0 saturated heterocycles. The highest BCUT2D eigenvalue weighted by atomic mass is 15.6. The van der Waals surface area contributed by atoms with Crippen molar-refractivity contribution in [1.29, 1.82) is 0 Å². The fraction of sp³-hybridized carbons (Fsp3) is 0.778. The van der Waals surface area contributed by atoms with Crippen molar-refractivity contribution in [3.63, 3.8) is 0 Å². The molecule has 0 spiro atoms. The van der Waals surface area contributed by atoms with Crippen molar-refractivity contribution >= 4 is 0 Å². The Morgan fingerprint density at radius 3 is 2.54 bits per heavy atom. The van der Waals surface area contributed by atoms with Crippen LogP contribution in [0.3, 0.4) is 0 Å². The first-order valence-electron chi connectivity index (χ1n) is 4.91. The second-order valence-electron chi connectivity index (χ2n) is 3.82. The van der Waals surface area contributed by atoms with Crippen molar-refractivity contribution in [1.82, 2.24) is 5.12 Å². The van der Waals surface area contributed by atoms with Crippen molar-refractivity contribution in [3.8, 4) is 0 Å². The lowest BCUT2D eigenvalue weighted by Crippen LogP contribution is -2.41. The molecule has 0 fully saturated rings. The number of hydrazine groups is 2. The van der Waals surface area contributed by atoms with Gasteiger partial charge in [-0.1, -0.05) is 19.8 Å². The van der Waals surface area contributed by atoms with Gasteiger partial charge in [-0.25, -0.2) is 16.8 Å². The molecule has 0 saturated carbocycles. The van der Waals surface area contributed by atoms with Crippen LogP contribution in [0, 0.1) is 5.92 Å². The molecule has 0 radical (unpaired) electrons. The van der Waals surface area contributed by atoms with Gasteiger partial charge < -0.3 is 5.73 Å². The van der Waals surface area contributed by atoms with E-state index in [0.29, 0.717) is 5.92 Å². The van der Waals surface area contributed by atoms with Crippen LogP contribution in [-0.2, 0) is 0 Å². The molecule has 4 nitrogen and oxygen atoms in total. The highest BCUT2D eigenvalue weighted by molar-refractivity contribution is 5.12. The van der Waals surface area contributed by atoms with E-state index in [-0.39, 0.29) is 0 Å². The summed E-state index contributed by atoms with van der Waals surface area (Å²) in [4.78, 5) is 0. The number of allylic oxidation sites excluding steroid dienone is 2. The Bertz CT molecular complexity index is 198. The Labute approximate surface area is 79.7 Å². The van der Waals surface area contributed by atoms with E-state index in [4.69, 9.17) is 17.4 Å². The summed E-state index contributed by atoms with van der Waals surface area (Å²) in [5.74, 6) is 11.5. The SMILES string of the molecule is CC1CCCCC/C(N)=C\1N(N)N. The Morgan fingerprint density at radius 2 is 1.92 bits per heavy atom. The summed E-state index contributed by atoms with van der Waals surface area (Å²) in [6.45, 7) is 2.13. The molecular weight excluding hydrogens is 164 g/mol. The van der Waals surface area contributed by atoms with Crippen LogP contribution in [0.1, 0.15) is 39.0 Å². The van der Waals surface area contributed by atoms with E-state index in [1.807, 2.05) is 0 Å². The molecule has 0 heterocycles. The highest BCUT2D eigenvalue weighted by Crippen LogP contribution is 2.25. The molecule has 6 N–H and O–H groups in total. The number of hydrogen-bond donors (Lipinski definition) is 3. The third kappa shape index (κ3) is 2.60. The van der Waals surface area contributed by atoms with Crippen molar-refractivity contribution < 1.29 is 0 Å². The van der Waals surface area contributed by atoms with Crippen LogP contribution in [0.15, 0.2) is 11.4 Å². The normalized spacial score (nSPS) is 30.8. The Hall–Kier alpha value is -0.740. The van der Waals surface area contributed by atoms with Gasteiger partial charge in [0.2, 0.25) is 0 Å². The average molecular weight is 184 g/mol. The zero-order chi connectivity index (χ0) is 9.84. The van der Waals surface area contributed by atoms with Crippen molar-refractivity contribution in [2.45, 2.75) is 39.0 Å². The summed E-state index contributed by atoms with van der Waals surface area (Å²) in [6.07, 6.45) is 5.70. The number of nitrogens with two attached hydrogens (primary N) is 3. The van der Waals surface area contributed by atoms with Crippen LogP contribution in [0.25, 0.3) is 0 Å². The molecule has 13 heavy (non-hydrogen) atoms. The van der Waals surface area contributed by atoms with Crippen LogP contribution >= 0.6 is 0 Å². The first-order chi connectivity index (χ1) is 6.13. The second kappa shape index (κ2) is 4.48. The minimum absolute atomic E-state index is 0.385. The summed E-state index contributed by atoms with van der Waals surface area (Å²) < 4.78 is 0. The summed E-state index contributed by atoms with van der Waals surface area (Å²) in [5.41, 5.74) is 7.69. The first-order valence-corrected chi connectivity index (χ1v) is 4.91. The van der Waals surface area contributed by atoms with Gasteiger partial charge in [0.15, 0.2) is 0 Å². The second-order valence-corrected chi connectivity index (χ2v) is 3.82. The maximum Gasteiger partial charge on any atom is 0.0685 e. The number of hydrogen-bond acceptors (Lipinski definition) is 4. The molecule has 76 valence electrons. The van der Waals surface area contributed by atoms with Gasteiger partial charge in [-0.15, -0.1) is 0 Å². The Morgan fingerprint density at radius 1 is 1.23 bits per heavy atom. The van der Waals surface area contributed by atoms with Gasteiger partial charge in [0, 0.05) is 11.6 Å². The molecule has 1 atom stereocenters. The number of nitrogens with zero attached hydrogens (tertiary/aromatic N) is 1. The molecule has 0 aromatic heterocycles. The summed E-state index contributed by atoms with van der Waals surface area (Å²) in [7, 11) is 0. The molecule has 1 rings (SSSR count). The summed E-state index contributed by atoms with van der Waals surface area (Å²) >= 11 is 0. The molecule has 1 aliphatic rings. The fourth-order valence-electron chi connectivity index (χ4n) is 1.94. The third-order valence-electron chi connectivity index (χ3n) is 2.66. The van der Waals surface area contributed by atoms with Gasteiger partial charge >= 0.3 is 0 Å². The van der Waals surface area contributed by atoms with E-state index in [2.05, 4.69) is 6.92 Å². The summed E-state index contributed by atoms with van der Waals surface area (Å²) in [5, 5.41) is 1.19. The van der Waals surface area contributed by atoms with E-state index in [1.165, 1.54) is 18.0 Å². The predicted molar refractivity (Wildman–Crippen MR) is 53.7 cm³/mol. The van der Waals surface area contributed by atoms with Gasteiger partial charge in [0.1, 0.15) is 0 Å². The maximum atomic E-state index is 5.92. The van der Waals surface area contributed by atoms with Crippen molar-refractivity contribution in [2.24, 2.45) is 23.3 Å². The molecule has 0 bridgehead atoms. The minimum Gasteiger partial charge on any atom is -0.401 e. The number of rotatable bonds is 1. The lowest BCUT2D eigenvalue weighted by atomic mass is 9.93. The molecule has 4 heteroatoms. The largest absolute Gasteiger partial charge is 0.401 e. The maximum absolute atomic E-state index is 5.92. The van der Waals surface area contributed by atoms with Gasteiger partial charge in [-0.2, -0.15) is 0 Å². The quantitative estimate of drug-likeness (QED) is 0.416. The molecule has 0 amide bonds. The zero-order valence-corrected chi connectivity index (χ0v) is 8.29. The lowest BCUT2D eigenvalue weighted by molar-refractivity contribution is 0.306. The van der Waals surface area contributed by atoms with Gasteiger partial charge in [0.05, 0.1) is 5.70 Å². The van der Waals surface area contributed by atoms with Gasteiger partial charge in [-0.3, -0.25) is 0 Å². The van der Waals surface area contributed by atoms with Crippen LogP contribution < -0.4 is 17.4 Å². The molecule has 0 aromatic rings. The Kier molecular flexibility index (Phi) is 3.57. The monoisotopic (exact) mass is 184 g/mol. The smallest absolute Gasteiger partial charge is 0.0685 e. The van der Waals surface area contributed by atoms with Crippen LogP contribution in [0.4, 0.5) is 0 Å². The van der Waals surface area contributed by atoms with E-state index < -0.39 is 0 Å². The van der Waals surface area contributed by atoms with E-state index in [9.17, 15) is 0 Å². The highest BCUT2D eigenvalue weighted by Gasteiger charge is 2.17. The Balaban J connectivity index is 2.82. The minimum atomic E-state index is 0.385. The first kappa shape index (κ1) is 10.3. The van der Waals surface area contributed by atoms with Crippen LogP contribution in [0.2, 0.25) is 0 Å². The van der Waals surface area contributed by atoms with Crippen LogP contribution in [-0.4, -0.2) is 5.12 Å². The lowest BCUT2D eigenvalue weighted by Gasteiger charge is -2.26. The van der Waals surface area contributed by atoms with Crippen molar-refractivity contribution in [3.05, 3.63) is 11.4 Å². The molecule has 0 aliphatic heterocycles. The molecule has 1 unspecified atom stereocenters. The van der Waals surface area contributed by atoms with Gasteiger partial charge in [-0.05, 0) is 19.3 Å². The topological polar surface area (TPSA) is 81.3 Å². The predicted octanol–water partition coefficient (Wildman–Crippen LogP) is 0.806.